The number of aromatic nitrogens is 1. The monoisotopic (exact) mass is 445 g/mol. The summed E-state index contributed by atoms with van der Waals surface area (Å²) in [6.45, 7) is 3.92. The number of rotatable bonds is 3. The third kappa shape index (κ3) is 4.75. The van der Waals surface area contributed by atoms with Crippen molar-refractivity contribution < 1.29 is 4.79 Å². The molecule has 1 heterocycles. The van der Waals surface area contributed by atoms with Gasteiger partial charge in [-0.3, -0.25) is 10.1 Å². The summed E-state index contributed by atoms with van der Waals surface area (Å²) in [6.07, 6.45) is 0. The Hall–Kier alpha value is -2.09. The first-order valence-electron chi connectivity index (χ1n) is 7.83. The molecular weight excluding hydrogens is 430 g/mol. The lowest BCUT2D eigenvalue weighted by Crippen LogP contribution is -2.34. The lowest BCUT2D eigenvalue weighted by molar-refractivity contribution is 0.0977. The van der Waals surface area contributed by atoms with Gasteiger partial charge >= 0.3 is 0 Å². The zero-order valence-corrected chi connectivity index (χ0v) is 17.4. The largest absolute Gasteiger partial charge is 0.308 e. The van der Waals surface area contributed by atoms with Gasteiger partial charge in [-0.25, -0.2) is 4.98 Å². The fraction of sp³-hybridized carbons (Fsp3) is 0.105. The van der Waals surface area contributed by atoms with Gasteiger partial charge in [0.15, 0.2) is 10.2 Å². The van der Waals surface area contributed by atoms with Crippen LogP contribution in [0.1, 0.15) is 21.5 Å². The van der Waals surface area contributed by atoms with Crippen LogP contribution in [0.25, 0.3) is 11.3 Å². The van der Waals surface area contributed by atoms with Crippen LogP contribution in [0, 0.1) is 13.8 Å². The zero-order chi connectivity index (χ0) is 18.7. The van der Waals surface area contributed by atoms with E-state index in [0.29, 0.717) is 10.7 Å². The van der Waals surface area contributed by atoms with Gasteiger partial charge in [-0.05, 0) is 50.3 Å². The fourth-order valence-electron chi connectivity index (χ4n) is 2.49. The van der Waals surface area contributed by atoms with Crippen molar-refractivity contribution in [2.24, 2.45) is 0 Å². The minimum Gasteiger partial charge on any atom is -0.308 e. The van der Waals surface area contributed by atoms with Crippen molar-refractivity contribution in [2.75, 3.05) is 5.32 Å². The van der Waals surface area contributed by atoms with Gasteiger partial charge in [0.05, 0.1) is 5.69 Å². The van der Waals surface area contributed by atoms with E-state index in [-0.39, 0.29) is 11.0 Å². The summed E-state index contributed by atoms with van der Waals surface area (Å²) < 4.78 is 1.02. The van der Waals surface area contributed by atoms with Crippen LogP contribution in [0.3, 0.4) is 0 Å². The number of thiocarbonyl (C=S) groups is 1. The number of carbonyl (C=O) groups excluding carboxylic acids is 1. The molecule has 1 amide bonds. The zero-order valence-electron chi connectivity index (χ0n) is 14.2. The van der Waals surface area contributed by atoms with Gasteiger partial charge in [-0.15, -0.1) is 11.3 Å². The van der Waals surface area contributed by atoms with Gasteiger partial charge in [-0.1, -0.05) is 45.3 Å². The second-order valence-corrected chi connectivity index (χ2v) is 8.01. The number of nitrogens with one attached hydrogen (secondary N) is 2. The van der Waals surface area contributed by atoms with E-state index < -0.39 is 0 Å². The van der Waals surface area contributed by atoms with E-state index in [4.69, 9.17) is 12.2 Å². The Morgan fingerprint density at radius 2 is 1.77 bits per heavy atom. The van der Waals surface area contributed by atoms with Crippen LogP contribution in [-0.4, -0.2) is 16.0 Å². The van der Waals surface area contributed by atoms with Crippen LogP contribution in [0.4, 0.5) is 5.13 Å². The number of anilines is 1. The SMILES string of the molecule is Cc1cc(C)cc(C(=O)NC(=S)Nc2nc(-c3ccc(Br)cc3)cs2)c1. The van der Waals surface area contributed by atoms with E-state index in [2.05, 4.69) is 31.5 Å². The molecule has 0 unspecified atom stereocenters. The Labute approximate surface area is 169 Å². The van der Waals surface area contributed by atoms with E-state index in [1.165, 1.54) is 11.3 Å². The first kappa shape index (κ1) is 18.7. The second-order valence-electron chi connectivity index (χ2n) is 5.83. The van der Waals surface area contributed by atoms with Crippen molar-refractivity contribution in [3.8, 4) is 11.3 Å². The summed E-state index contributed by atoms with van der Waals surface area (Å²) in [5.41, 5.74) is 4.53. The van der Waals surface area contributed by atoms with Crippen LogP contribution < -0.4 is 10.6 Å². The molecule has 1 aromatic heterocycles. The standard InChI is InChI=1S/C19H16BrN3OS2/c1-11-7-12(2)9-14(8-11)17(24)22-18(25)23-19-21-16(10-26-19)13-3-5-15(20)6-4-13/h3-10H,1-2H3,(H2,21,22,23,24,25). The number of carbonyl (C=O) groups is 1. The molecule has 3 aromatic rings. The van der Waals surface area contributed by atoms with Gasteiger partial charge in [0.2, 0.25) is 0 Å². The molecule has 132 valence electrons. The molecular formula is C19H16BrN3OS2. The average Bonchev–Trinajstić information content (AvgIpc) is 3.02. The maximum absolute atomic E-state index is 12.3. The number of amides is 1. The Morgan fingerprint density at radius 3 is 2.42 bits per heavy atom. The molecule has 26 heavy (non-hydrogen) atoms. The molecule has 4 nitrogen and oxygen atoms in total. The molecule has 0 saturated carbocycles. The van der Waals surface area contributed by atoms with Crippen molar-refractivity contribution in [1.29, 1.82) is 0 Å². The van der Waals surface area contributed by atoms with E-state index in [0.717, 1.165) is 26.9 Å². The van der Waals surface area contributed by atoms with Crippen molar-refractivity contribution >= 4 is 55.6 Å². The number of thiazole rings is 1. The first-order chi connectivity index (χ1) is 12.4. The number of benzene rings is 2. The van der Waals surface area contributed by atoms with Crippen LogP contribution in [0.5, 0.6) is 0 Å². The molecule has 0 spiro atoms. The Bertz CT molecular complexity index is 947. The van der Waals surface area contributed by atoms with Gasteiger partial charge in [0.1, 0.15) is 0 Å². The number of aryl methyl sites for hydroxylation is 2. The van der Waals surface area contributed by atoms with E-state index in [1.54, 1.807) is 0 Å². The van der Waals surface area contributed by atoms with Gasteiger partial charge in [0, 0.05) is 21.0 Å². The molecule has 0 atom stereocenters. The van der Waals surface area contributed by atoms with Gasteiger partial charge in [-0.2, -0.15) is 0 Å². The molecule has 0 radical (unpaired) electrons. The normalized spacial score (nSPS) is 10.4. The summed E-state index contributed by atoms with van der Waals surface area (Å²) in [7, 11) is 0. The predicted octanol–water partition coefficient (Wildman–Crippen LogP) is 5.32. The predicted molar refractivity (Wildman–Crippen MR) is 115 cm³/mol. The molecule has 0 fully saturated rings. The molecule has 2 aromatic carbocycles. The average molecular weight is 446 g/mol. The molecule has 0 saturated heterocycles. The molecule has 3 rings (SSSR count). The highest BCUT2D eigenvalue weighted by Gasteiger charge is 2.11. The van der Waals surface area contributed by atoms with Crippen molar-refractivity contribution in [3.63, 3.8) is 0 Å². The summed E-state index contributed by atoms with van der Waals surface area (Å²) >= 11 is 10.1. The van der Waals surface area contributed by atoms with E-state index in [9.17, 15) is 4.79 Å². The molecule has 0 bridgehead atoms. The molecule has 0 aliphatic carbocycles. The van der Waals surface area contributed by atoms with Crippen LogP contribution in [-0.2, 0) is 0 Å². The lowest BCUT2D eigenvalue weighted by Gasteiger charge is -2.08. The fourth-order valence-corrected chi connectivity index (χ4v) is 3.74. The third-order valence-electron chi connectivity index (χ3n) is 3.58. The summed E-state index contributed by atoms with van der Waals surface area (Å²) in [5, 5.41) is 8.47. The summed E-state index contributed by atoms with van der Waals surface area (Å²) in [4.78, 5) is 16.9. The minimum absolute atomic E-state index is 0.228. The lowest BCUT2D eigenvalue weighted by atomic mass is 10.1. The van der Waals surface area contributed by atoms with Crippen molar-refractivity contribution in [3.05, 3.63) is 69.0 Å². The highest BCUT2D eigenvalue weighted by Crippen LogP contribution is 2.26. The summed E-state index contributed by atoms with van der Waals surface area (Å²) in [5.74, 6) is -0.237. The van der Waals surface area contributed by atoms with Crippen LogP contribution >= 0.6 is 39.5 Å². The summed E-state index contributed by atoms with van der Waals surface area (Å²) in [6, 6.07) is 13.6. The van der Waals surface area contributed by atoms with E-state index >= 15 is 0 Å². The molecule has 2 N–H and O–H groups in total. The Morgan fingerprint density at radius 1 is 1.12 bits per heavy atom. The minimum atomic E-state index is -0.237. The highest BCUT2D eigenvalue weighted by molar-refractivity contribution is 9.10. The second kappa shape index (κ2) is 8.07. The van der Waals surface area contributed by atoms with Crippen molar-refractivity contribution in [1.82, 2.24) is 10.3 Å². The quantitative estimate of drug-likeness (QED) is 0.535. The maximum Gasteiger partial charge on any atom is 0.257 e. The molecule has 7 heteroatoms. The smallest absolute Gasteiger partial charge is 0.257 e. The van der Waals surface area contributed by atoms with E-state index in [1.807, 2.05) is 61.7 Å². The Balaban J connectivity index is 1.65. The number of hydrogen-bond acceptors (Lipinski definition) is 4. The van der Waals surface area contributed by atoms with Crippen LogP contribution in [0.2, 0.25) is 0 Å². The maximum atomic E-state index is 12.3. The number of hydrogen-bond donors (Lipinski definition) is 2. The van der Waals surface area contributed by atoms with Gasteiger partial charge < -0.3 is 5.32 Å². The number of nitrogens with zero attached hydrogens (tertiary/aromatic N) is 1. The Kier molecular flexibility index (Phi) is 5.80. The number of halogens is 1. The van der Waals surface area contributed by atoms with Gasteiger partial charge in [0.25, 0.3) is 5.91 Å². The third-order valence-corrected chi connectivity index (χ3v) is 5.07. The highest BCUT2D eigenvalue weighted by atomic mass is 79.9. The first-order valence-corrected chi connectivity index (χ1v) is 9.91. The molecule has 0 aliphatic rings. The topological polar surface area (TPSA) is 54.0 Å². The molecule has 0 aliphatic heterocycles. The van der Waals surface area contributed by atoms with Crippen LogP contribution in [0.15, 0.2) is 52.3 Å². The van der Waals surface area contributed by atoms with Crippen molar-refractivity contribution in [2.45, 2.75) is 13.8 Å².